The first-order valence-corrected chi connectivity index (χ1v) is 7.43. The molecule has 1 rings (SSSR count). The minimum absolute atomic E-state index is 0.113. The monoisotopic (exact) mass is 261 g/mol. The van der Waals surface area contributed by atoms with Crippen molar-refractivity contribution in [1.82, 2.24) is 4.89 Å². The maximum Gasteiger partial charge on any atom is 0.233 e. The zero-order chi connectivity index (χ0) is 12.6. The molecule has 1 aromatic heterocycles. The highest BCUT2D eigenvalue weighted by molar-refractivity contribution is 7.89. The average Bonchev–Trinajstić information content (AvgIpc) is 2.79. The lowest BCUT2D eigenvalue weighted by molar-refractivity contribution is 0.0905. The molecule has 0 aliphatic rings. The Hall–Kier alpha value is -0.850. The van der Waals surface area contributed by atoms with E-state index >= 15 is 0 Å². The molecule has 0 fully saturated rings. The van der Waals surface area contributed by atoms with Crippen molar-refractivity contribution in [1.29, 1.82) is 0 Å². The fourth-order valence-corrected chi connectivity index (χ4v) is 2.30. The van der Waals surface area contributed by atoms with E-state index in [1.54, 1.807) is 6.26 Å². The largest absolute Gasteiger partial charge is 0.469 e. The molecule has 0 aromatic carbocycles. The fourth-order valence-electron chi connectivity index (χ4n) is 1.28. The van der Waals surface area contributed by atoms with E-state index in [2.05, 4.69) is 4.89 Å². The van der Waals surface area contributed by atoms with Crippen LogP contribution in [-0.4, -0.2) is 20.8 Å². The maximum absolute atomic E-state index is 11.3. The summed E-state index contributed by atoms with van der Waals surface area (Å²) < 4.78 is 27.8. The van der Waals surface area contributed by atoms with Gasteiger partial charge in [-0.2, -0.15) is 0 Å². The molecule has 0 atom stereocenters. The van der Waals surface area contributed by atoms with Crippen LogP contribution in [0.5, 0.6) is 0 Å². The molecule has 1 aromatic rings. The molecule has 17 heavy (non-hydrogen) atoms. The summed E-state index contributed by atoms with van der Waals surface area (Å²) in [6, 6.07) is 3.70. The van der Waals surface area contributed by atoms with Crippen molar-refractivity contribution >= 4 is 10.0 Å². The van der Waals surface area contributed by atoms with Gasteiger partial charge < -0.3 is 4.42 Å². The number of rotatable bonds is 9. The lowest BCUT2D eigenvalue weighted by atomic mass is 10.3. The van der Waals surface area contributed by atoms with E-state index < -0.39 is 10.0 Å². The summed E-state index contributed by atoms with van der Waals surface area (Å²) in [5.41, 5.74) is 0. The normalized spacial score (nSPS) is 11.8. The summed E-state index contributed by atoms with van der Waals surface area (Å²) in [4.78, 5) is 7.03. The summed E-state index contributed by atoms with van der Waals surface area (Å²) in [6.45, 7) is 2.28. The zero-order valence-electron chi connectivity index (χ0n) is 10.0. The number of hydrogen-bond acceptors (Lipinski definition) is 4. The van der Waals surface area contributed by atoms with Crippen molar-refractivity contribution in [2.24, 2.45) is 0 Å². The van der Waals surface area contributed by atoms with Crippen molar-refractivity contribution in [3.8, 4) is 0 Å². The van der Waals surface area contributed by atoms with Gasteiger partial charge >= 0.3 is 0 Å². The molecule has 0 bridgehead atoms. The number of nitrogens with one attached hydrogen (secondary N) is 1. The van der Waals surface area contributed by atoms with Gasteiger partial charge in [0.15, 0.2) is 0 Å². The second-order valence-corrected chi connectivity index (χ2v) is 5.59. The van der Waals surface area contributed by atoms with Crippen LogP contribution in [0.1, 0.15) is 31.9 Å². The third-order valence-electron chi connectivity index (χ3n) is 2.20. The van der Waals surface area contributed by atoms with E-state index in [4.69, 9.17) is 9.25 Å². The Kier molecular flexibility index (Phi) is 6.25. The molecule has 6 heteroatoms. The van der Waals surface area contributed by atoms with Crippen molar-refractivity contribution in [3.05, 3.63) is 24.2 Å². The number of sulfonamides is 1. The second-order valence-electron chi connectivity index (χ2n) is 3.79. The van der Waals surface area contributed by atoms with E-state index in [0.29, 0.717) is 19.4 Å². The Bertz CT molecular complexity index is 386. The molecule has 5 nitrogen and oxygen atoms in total. The highest BCUT2D eigenvalue weighted by atomic mass is 32.2. The molecule has 0 radical (unpaired) electrons. The lowest BCUT2D eigenvalue weighted by Crippen LogP contribution is -2.27. The molecule has 0 spiro atoms. The predicted octanol–water partition coefficient (Wildman–Crippen LogP) is 1.86. The lowest BCUT2D eigenvalue weighted by Gasteiger charge is -2.05. The van der Waals surface area contributed by atoms with Crippen LogP contribution in [0.3, 0.4) is 0 Å². The van der Waals surface area contributed by atoms with Crippen LogP contribution in [-0.2, 0) is 21.3 Å². The van der Waals surface area contributed by atoms with Crippen molar-refractivity contribution < 1.29 is 17.7 Å². The SMILES string of the molecule is CCCCS(=O)(=O)NOCCCc1ccco1. The molecule has 1 N–H and O–H groups in total. The topological polar surface area (TPSA) is 68.5 Å². The molecule has 0 saturated heterocycles. The number of unbranched alkanes of at least 4 members (excludes halogenated alkanes) is 1. The average molecular weight is 261 g/mol. The van der Waals surface area contributed by atoms with Gasteiger partial charge in [-0.05, 0) is 25.0 Å². The highest BCUT2D eigenvalue weighted by Gasteiger charge is 2.08. The third kappa shape index (κ3) is 6.45. The highest BCUT2D eigenvalue weighted by Crippen LogP contribution is 2.03. The van der Waals surface area contributed by atoms with E-state index in [1.807, 2.05) is 19.1 Å². The fraction of sp³-hybridized carbons (Fsp3) is 0.636. The molecular weight excluding hydrogens is 242 g/mol. The number of hydrogen-bond donors (Lipinski definition) is 1. The molecule has 0 unspecified atom stereocenters. The summed E-state index contributed by atoms with van der Waals surface area (Å²) >= 11 is 0. The zero-order valence-corrected chi connectivity index (χ0v) is 10.8. The minimum Gasteiger partial charge on any atom is -0.469 e. The third-order valence-corrected chi connectivity index (χ3v) is 3.40. The smallest absolute Gasteiger partial charge is 0.233 e. The standard InChI is InChI=1S/C11H19NO4S/c1-2-3-10-17(13,14)12-16-9-5-7-11-6-4-8-15-11/h4,6,8,12H,2-3,5,7,9-10H2,1H3. The van der Waals surface area contributed by atoms with Crippen molar-refractivity contribution in [2.75, 3.05) is 12.4 Å². The number of aryl methyl sites for hydroxylation is 1. The molecular formula is C11H19NO4S. The van der Waals surface area contributed by atoms with Crippen LogP contribution in [0.4, 0.5) is 0 Å². The predicted molar refractivity (Wildman–Crippen MR) is 64.8 cm³/mol. The molecule has 1 heterocycles. The Morgan fingerprint density at radius 2 is 2.24 bits per heavy atom. The summed E-state index contributed by atoms with van der Waals surface area (Å²) in [7, 11) is -3.27. The van der Waals surface area contributed by atoms with E-state index in [9.17, 15) is 8.42 Å². The first-order valence-electron chi connectivity index (χ1n) is 5.77. The van der Waals surface area contributed by atoms with Crippen LogP contribution in [0.25, 0.3) is 0 Å². The first-order chi connectivity index (χ1) is 8.14. The van der Waals surface area contributed by atoms with Gasteiger partial charge in [0.1, 0.15) is 5.76 Å². The Morgan fingerprint density at radius 1 is 1.41 bits per heavy atom. The molecule has 0 aliphatic carbocycles. The summed E-state index contributed by atoms with van der Waals surface area (Å²) in [6.07, 6.45) is 4.56. The van der Waals surface area contributed by atoms with E-state index in [0.717, 1.165) is 18.6 Å². The first kappa shape index (κ1) is 14.2. The van der Waals surface area contributed by atoms with E-state index in [1.165, 1.54) is 0 Å². The van der Waals surface area contributed by atoms with Gasteiger partial charge in [-0.15, -0.1) is 0 Å². The Morgan fingerprint density at radius 3 is 2.88 bits per heavy atom. The van der Waals surface area contributed by atoms with Gasteiger partial charge in [-0.3, -0.25) is 4.84 Å². The Balaban J connectivity index is 2.07. The van der Waals surface area contributed by atoms with Crippen molar-refractivity contribution in [2.45, 2.75) is 32.6 Å². The van der Waals surface area contributed by atoms with E-state index in [-0.39, 0.29) is 5.75 Å². The quantitative estimate of drug-likeness (QED) is 0.544. The molecule has 0 amide bonds. The van der Waals surface area contributed by atoms with Crippen LogP contribution < -0.4 is 4.89 Å². The summed E-state index contributed by atoms with van der Waals surface area (Å²) in [5, 5.41) is 0. The summed E-state index contributed by atoms with van der Waals surface area (Å²) in [5.74, 6) is 0.990. The van der Waals surface area contributed by atoms with Gasteiger partial charge in [0.2, 0.25) is 10.0 Å². The molecule has 98 valence electrons. The van der Waals surface area contributed by atoms with Gasteiger partial charge in [-0.1, -0.05) is 18.2 Å². The van der Waals surface area contributed by atoms with Gasteiger partial charge in [-0.25, -0.2) is 8.42 Å². The van der Waals surface area contributed by atoms with Crippen LogP contribution in [0.15, 0.2) is 22.8 Å². The second kappa shape index (κ2) is 7.47. The molecule has 0 aliphatic heterocycles. The van der Waals surface area contributed by atoms with Crippen LogP contribution >= 0.6 is 0 Å². The maximum atomic E-state index is 11.3. The molecule has 0 saturated carbocycles. The number of furan rings is 1. The van der Waals surface area contributed by atoms with Gasteiger partial charge in [0.25, 0.3) is 0 Å². The van der Waals surface area contributed by atoms with Gasteiger partial charge in [0, 0.05) is 6.42 Å². The van der Waals surface area contributed by atoms with Crippen LogP contribution in [0, 0.1) is 0 Å². The van der Waals surface area contributed by atoms with Crippen molar-refractivity contribution in [3.63, 3.8) is 0 Å². The Labute approximate surface area is 102 Å². The van der Waals surface area contributed by atoms with Crippen LogP contribution in [0.2, 0.25) is 0 Å². The van der Waals surface area contributed by atoms with Gasteiger partial charge in [0.05, 0.1) is 18.6 Å². The minimum atomic E-state index is -3.27.